The third-order valence-electron chi connectivity index (χ3n) is 2.84. The maximum atomic E-state index is 6.11. The first-order valence-electron chi connectivity index (χ1n) is 6.45. The van der Waals surface area contributed by atoms with Crippen LogP contribution in [0.3, 0.4) is 0 Å². The summed E-state index contributed by atoms with van der Waals surface area (Å²) >= 11 is 6.11. The lowest BCUT2D eigenvalue weighted by molar-refractivity contribution is 0.340. The topological polar surface area (TPSA) is 21.3 Å². The van der Waals surface area contributed by atoms with E-state index < -0.39 is 0 Å². The lowest BCUT2D eigenvalue weighted by atomic mass is 10.2. The molecule has 0 aliphatic rings. The highest BCUT2D eigenvalue weighted by Crippen LogP contribution is 2.15. The van der Waals surface area contributed by atoms with Gasteiger partial charge in [-0.1, -0.05) is 41.9 Å². The summed E-state index contributed by atoms with van der Waals surface area (Å²) in [5, 5.41) is 4.19. The first kappa shape index (κ1) is 16.8. The number of benzene rings is 2. The average molecular weight is 312 g/mol. The van der Waals surface area contributed by atoms with Gasteiger partial charge in [0.25, 0.3) is 0 Å². The van der Waals surface area contributed by atoms with Crippen LogP contribution in [0.4, 0.5) is 0 Å². The molecule has 0 bridgehead atoms. The van der Waals surface area contributed by atoms with Gasteiger partial charge in [0.05, 0.1) is 6.61 Å². The van der Waals surface area contributed by atoms with Crippen molar-refractivity contribution in [3.05, 3.63) is 64.7 Å². The molecule has 0 amide bonds. The monoisotopic (exact) mass is 311 g/mol. The zero-order chi connectivity index (χ0) is 13.5. The molecule has 0 saturated carbocycles. The Morgan fingerprint density at radius 1 is 1.00 bits per heavy atom. The highest BCUT2D eigenvalue weighted by atomic mass is 35.5. The molecule has 0 radical (unpaired) electrons. The fourth-order valence-electron chi connectivity index (χ4n) is 1.85. The van der Waals surface area contributed by atoms with Crippen LogP contribution in [0.15, 0.2) is 48.5 Å². The molecular formula is C16H19Cl2NO. The molecule has 0 aromatic heterocycles. The molecule has 108 valence electrons. The van der Waals surface area contributed by atoms with Gasteiger partial charge in [-0.25, -0.2) is 0 Å². The summed E-state index contributed by atoms with van der Waals surface area (Å²) in [6.07, 6.45) is 0. The lowest BCUT2D eigenvalue weighted by Crippen LogP contribution is -2.12. The highest BCUT2D eigenvalue weighted by Gasteiger charge is 1.99. The van der Waals surface area contributed by atoms with Crippen molar-refractivity contribution in [3.8, 4) is 5.75 Å². The second-order valence-electron chi connectivity index (χ2n) is 4.27. The summed E-state index contributed by atoms with van der Waals surface area (Å²) in [7, 11) is 0. The molecule has 0 aliphatic carbocycles. The third kappa shape index (κ3) is 5.04. The van der Waals surface area contributed by atoms with Crippen molar-refractivity contribution in [2.75, 3.05) is 6.61 Å². The Kier molecular flexibility index (Phi) is 7.45. The van der Waals surface area contributed by atoms with Gasteiger partial charge in [0.2, 0.25) is 0 Å². The molecule has 4 heteroatoms. The van der Waals surface area contributed by atoms with Crippen LogP contribution in [0.5, 0.6) is 5.75 Å². The Balaban J connectivity index is 0.00000200. The summed E-state index contributed by atoms with van der Waals surface area (Å²) in [6.45, 7) is 4.27. The molecular weight excluding hydrogens is 293 g/mol. The Morgan fingerprint density at radius 3 is 2.35 bits per heavy atom. The number of nitrogens with one attached hydrogen (secondary N) is 1. The van der Waals surface area contributed by atoms with Gasteiger partial charge < -0.3 is 10.1 Å². The van der Waals surface area contributed by atoms with Gasteiger partial charge in [-0.05, 0) is 36.2 Å². The van der Waals surface area contributed by atoms with Crippen molar-refractivity contribution in [2.24, 2.45) is 0 Å². The molecule has 0 fully saturated rings. The zero-order valence-electron chi connectivity index (χ0n) is 11.4. The molecule has 0 aliphatic heterocycles. The van der Waals surface area contributed by atoms with Crippen molar-refractivity contribution in [1.29, 1.82) is 0 Å². The van der Waals surface area contributed by atoms with Crippen molar-refractivity contribution in [2.45, 2.75) is 20.0 Å². The van der Waals surface area contributed by atoms with Gasteiger partial charge in [-0.15, -0.1) is 12.4 Å². The number of hydrogen-bond acceptors (Lipinski definition) is 2. The Bertz CT molecular complexity index is 514. The van der Waals surface area contributed by atoms with Gasteiger partial charge in [-0.2, -0.15) is 0 Å². The molecule has 20 heavy (non-hydrogen) atoms. The molecule has 0 unspecified atom stereocenters. The summed E-state index contributed by atoms with van der Waals surface area (Å²) in [4.78, 5) is 0. The van der Waals surface area contributed by atoms with Crippen LogP contribution in [0.1, 0.15) is 18.1 Å². The lowest BCUT2D eigenvalue weighted by Gasteiger charge is -2.08. The predicted octanol–water partition coefficient (Wildman–Crippen LogP) is 4.45. The van der Waals surface area contributed by atoms with E-state index in [4.69, 9.17) is 16.3 Å². The first-order valence-corrected chi connectivity index (χ1v) is 6.83. The largest absolute Gasteiger partial charge is 0.494 e. The van der Waals surface area contributed by atoms with Gasteiger partial charge in [0.1, 0.15) is 5.75 Å². The average Bonchev–Trinajstić information content (AvgIpc) is 2.43. The van der Waals surface area contributed by atoms with Crippen molar-refractivity contribution < 1.29 is 4.74 Å². The minimum absolute atomic E-state index is 0. The minimum atomic E-state index is 0. The van der Waals surface area contributed by atoms with Crippen LogP contribution in [0.25, 0.3) is 0 Å². The number of rotatable bonds is 6. The van der Waals surface area contributed by atoms with Crippen LogP contribution < -0.4 is 10.1 Å². The smallest absolute Gasteiger partial charge is 0.119 e. The van der Waals surface area contributed by atoms with Crippen molar-refractivity contribution in [3.63, 3.8) is 0 Å². The molecule has 2 aromatic rings. The van der Waals surface area contributed by atoms with E-state index in [1.165, 1.54) is 5.56 Å². The minimum Gasteiger partial charge on any atom is -0.494 e. The van der Waals surface area contributed by atoms with E-state index in [0.29, 0.717) is 6.61 Å². The number of ether oxygens (including phenoxy) is 1. The normalized spacial score (nSPS) is 9.90. The third-order valence-corrected chi connectivity index (χ3v) is 3.21. The maximum absolute atomic E-state index is 6.11. The summed E-state index contributed by atoms with van der Waals surface area (Å²) < 4.78 is 5.41. The summed E-state index contributed by atoms with van der Waals surface area (Å²) in [5.41, 5.74) is 2.35. The van der Waals surface area contributed by atoms with E-state index in [1.807, 2.05) is 43.3 Å². The van der Waals surface area contributed by atoms with E-state index in [1.54, 1.807) is 0 Å². The second-order valence-corrected chi connectivity index (χ2v) is 4.68. The van der Waals surface area contributed by atoms with E-state index in [0.717, 1.165) is 29.4 Å². The van der Waals surface area contributed by atoms with Crippen LogP contribution in [0, 0.1) is 0 Å². The Morgan fingerprint density at radius 2 is 1.70 bits per heavy atom. The molecule has 2 aromatic carbocycles. The molecule has 2 rings (SSSR count). The van der Waals surface area contributed by atoms with Crippen molar-refractivity contribution in [1.82, 2.24) is 5.32 Å². The maximum Gasteiger partial charge on any atom is 0.119 e. The molecule has 0 spiro atoms. The van der Waals surface area contributed by atoms with Crippen LogP contribution in [-0.4, -0.2) is 6.61 Å². The standard InChI is InChI=1S/C16H18ClNO.ClH/c1-2-19-15-9-7-13(8-10-15)11-18-12-14-5-3-4-6-16(14)17;/h3-10,18H,2,11-12H2,1H3;1H. The fourth-order valence-corrected chi connectivity index (χ4v) is 2.06. The van der Waals surface area contributed by atoms with Crippen molar-refractivity contribution >= 4 is 24.0 Å². The molecule has 0 saturated heterocycles. The number of halogens is 2. The number of hydrogen-bond donors (Lipinski definition) is 1. The van der Waals surface area contributed by atoms with Crippen LogP contribution >= 0.6 is 24.0 Å². The summed E-state index contributed by atoms with van der Waals surface area (Å²) in [5.74, 6) is 0.914. The van der Waals surface area contributed by atoms with E-state index in [-0.39, 0.29) is 12.4 Å². The molecule has 0 heterocycles. The Labute approximate surface area is 131 Å². The van der Waals surface area contributed by atoms with Gasteiger partial charge >= 0.3 is 0 Å². The Hall–Kier alpha value is -1.22. The quantitative estimate of drug-likeness (QED) is 0.851. The molecule has 1 N–H and O–H groups in total. The predicted molar refractivity (Wildman–Crippen MR) is 86.9 cm³/mol. The zero-order valence-corrected chi connectivity index (χ0v) is 13.0. The van der Waals surface area contributed by atoms with Gasteiger partial charge in [-0.3, -0.25) is 0 Å². The van der Waals surface area contributed by atoms with E-state index in [2.05, 4.69) is 17.4 Å². The fraction of sp³-hybridized carbons (Fsp3) is 0.250. The SMILES string of the molecule is CCOc1ccc(CNCc2ccccc2Cl)cc1.Cl. The second kappa shape index (κ2) is 8.85. The van der Waals surface area contributed by atoms with Gasteiger partial charge in [0.15, 0.2) is 0 Å². The highest BCUT2D eigenvalue weighted by molar-refractivity contribution is 6.31. The first-order chi connectivity index (χ1) is 9.29. The van der Waals surface area contributed by atoms with Crippen LogP contribution in [-0.2, 0) is 13.1 Å². The molecule has 0 atom stereocenters. The van der Waals surface area contributed by atoms with E-state index >= 15 is 0 Å². The summed E-state index contributed by atoms with van der Waals surface area (Å²) in [6, 6.07) is 16.0. The van der Waals surface area contributed by atoms with Crippen LogP contribution in [0.2, 0.25) is 5.02 Å². The van der Waals surface area contributed by atoms with Gasteiger partial charge in [0, 0.05) is 18.1 Å². The molecule has 2 nitrogen and oxygen atoms in total. The van der Waals surface area contributed by atoms with E-state index in [9.17, 15) is 0 Å².